The van der Waals surface area contributed by atoms with E-state index in [1.807, 2.05) is 32.9 Å². The molecule has 1 atom stereocenters. The Bertz CT molecular complexity index is 464. The number of hydrogen-bond acceptors (Lipinski definition) is 3. The number of benzene rings is 1. The summed E-state index contributed by atoms with van der Waals surface area (Å²) in [6, 6.07) is 6.95. The van der Waals surface area contributed by atoms with E-state index in [0.717, 1.165) is 12.0 Å². The van der Waals surface area contributed by atoms with Crippen LogP contribution in [0.1, 0.15) is 26.3 Å². The first-order valence-corrected chi connectivity index (χ1v) is 7.64. The van der Waals surface area contributed by atoms with Gasteiger partial charge in [0, 0.05) is 12.6 Å². The second-order valence-corrected chi connectivity index (χ2v) is 6.84. The van der Waals surface area contributed by atoms with Crippen LogP contribution in [0.15, 0.2) is 29.2 Å². The molecule has 1 unspecified atom stereocenters. The zero-order valence-corrected chi connectivity index (χ0v) is 12.0. The highest BCUT2D eigenvalue weighted by Gasteiger charge is 2.13. The number of nitrogens with two attached hydrogens (primary N) is 1. The second kappa shape index (κ2) is 6.31. The Hall–Kier alpha value is -0.910. The van der Waals surface area contributed by atoms with Crippen LogP contribution in [0, 0.1) is 5.92 Å². The van der Waals surface area contributed by atoms with Gasteiger partial charge in [-0.1, -0.05) is 26.0 Å². The molecule has 0 amide bonds. The van der Waals surface area contributed by atoms with Gasteiger partial charge in [0.05, 0.1) is 4.90 Å². The van der Waals surface area contributed by atoms with Gasteiger partial charge in [0.2, 0.25) is 10.0 Å². The van der Waals surface area contributed by atoms with Crippen LogP contribution in [-0.2, 0) is 16.4 Å². The van der Waals surface area contributed by atoms with Crippen LogP contribution in [0.3, 0.4) is 0 Å². The van der Waals surface area contributed by atoms with Crippen molar-refractivity contribution >= 4 is 10.0 Å². The van der Waals surface area contributed by atoms with Gasteiger partial charge in [-0.3, -0.25) is 0 Å². The van der Waals surface area contributed by atoms with Crippen molar-refractivity contribution in [3.8, 4) is 0 Å². The zero-order chi connectivity index (χ0) is 13.8. The maximum Gasteiger partial charge on any atom is 0.240 e. The van der Waals surface area contributed by atoms with Crippen LogP contribution < -0.4 is 10.5 Å². The van der Waals surface area contributed by atoms with E-state index in [0.29, 0.717) is 11.4 Å². The molecule has 0 aliphatic carbocycles. The molecule has 0 spiro atoms. The van der Waals surface area contributed by atoms with Gasteiger partial charge in [-0.2, -0.15) is 0 Å². The summed E-state index contributed by atoms with van der Waals surface area (Å²) >= 11 is 0. The molecule has 0 aliphatic rings. The van der Waals surface area contributed by atoms with Crippen molar-refractivity contribution < 1.29 is 8.42 Å². The first-order chi connectivity index (χ1) is 8.31. The SMILES string of the molecule is CC(C)CNS(=O)(=O)c1ccc(CC(C)N)cc1. The molecule has 3 N–H and O–H groups in total. The molecule has 1 rings (SSSR count). The summed E-state index contributed by atoms with van der Waals surface area (Å²) in [5, 5.41) is 0. The average Bonchev–Trinajstić information content (AvgIpc) is 2.26. The Morgan fingerprint density at radius 3 is 2.17 bits per heavy atom. The maximum absolute atomic E-state index is 11.9. The lowest BCUT2D eigenvalue weighted by atomic mass is 10.1. The third kappa shape index (κ3) is 4.76. The largest absolute Gasteiger partial charge is 0.328 e. The quantitative estimate of drug-likeness (QED) is 0.823. The molecule has 4 nitrogen and oxygen atoms in total. The predicted molar refractivity (Wildman–Crippen MR) is 73.8 cm³/mol. The van der Waals surface area contributed by atoms with E-state index in [2.05, 4.69) is 4.72 Å². The molecule has 1 aromatic carbocycles. The molecule has 0 heterocycles. The van der Waals surface area contributed by atoms with Gasteiger partial charge in [-0.05, 0) is 37.0 Å². The first kappa shape index (κ1) is 15.1. The van der Waals surface area contributed by atoms with E-state index in [4.69, 9.17) is 5.73 Å². The van der Waals surface area contributed by atoms with E-state index >= 15 is 0 Å². The predicted octanol–water partition coefficient (Wildman–Crippen LogP) is 1.51. The summed E-state index contributed by atoms with van der Waals surface area (Å²) in [4.78, 5) is 0.302. The van der Waals surface area contributed by atoms with E-state index < -0.39 is 10.0 Å². The molecule has 0 saturated heterocycles. The number of nitrogens with one attached hydrogen (secondary N) is 1. The van der Waals surface area contributed by atoms with Crippen LogP contribution in [0.2, 0.25) is 0 Å². The van der Waals surface area contributed by atoms with Gasteiger partial charge in [0.25, 0.3) is 0 Å². The van der Waals surface area contributed by atoms with Crippen LogP contribution in [0.4, 0.5) is 0 Å². The first-order valence-electron chi connectivity index (χ1n) is 6.15. The van der Waals surface area contributed by atoms with Gasteiger partial charge in [-0.25, -0.2) is 13.1 Å². The fourth-order valence-electron chi connectivity index (χ4n) is 1.54. The van der Waals surface area contributed by atoms with Crippen molar-refractivity contribution in [2.45, 2.75) is 38.1 Å². The lowest BCUT2D eigenvalue weighted by molar-refractivity contribution is 0.560. The smallest absolute Gasteiger partial charge is 0.240 e. The van der Waals surface area contributed by atoms with Crippen molar-refractivity contribution in [1.82, 2.24) is 4.72 Å². The van der Waals surface area contributed by atoms with Crippen molar-refractivity contribution in [3.63, 3.8) is 0 Å². The molecule has 0 bridgehead atoms. The molecule has 1 aromatic rings. The molecule has 0 aromatic heterocycles. The van der Waals surface area contributed by atoms with Gasteiger partial charge in [0.1, 0.15) is 0 Å². The van der Waals surface area contributed by atoms with E-state index in [1.54, 1.807) is 12.1 Å². The molecule has 0 aliphatic heterocycles. The third-order valence-corrected chi connectivity index (χ3v) is 3.91. The highest BCUT2D eigenvalue weighted by atomic mass is 32.2. The van der Waals surface area contributed by atoms with E-state index in [1.165, 1.54) is 0 Å². The van der Waals surface area contributed by atoms with Crippen LogP contribution in [0.5, 0.6) is 0 Å². The average molecular weight is 270 g/mol. The molecule has 0 saturated carbocycles. The van der Waals surface area contributed by atoms with Gasteiger partial charge < -0.3 is 5.73 Å². The molecule has 0 fully saturated rings. The molecule has 0 radical (unpaired) electrons. The summed E-state index contributed by atoms with van der Waals surface area (Å²) in [6.07, 6.45) is 0.750. The topological polar surface area (TPSA) is 72.2 Å². The van der Waals surface area contributed by atoms with Crippen LogP contribution in [0.25, 0.3) is 0 Å². The Morgan fingerprint density at radius 2 is 1.72 bits per heavy atom. The number of hydrogen-bond donors (Lipinski definition) is 2. The van der Waals surface area contributed by atoms with Crippen molar-refractivity contribution in [1.29, 1.82) is 0 Å². The fourth-order valence-corrected chi connectivity index (χ4v) is 2.75. The standard InChI is InChI=1S/C13H22N2O2S/c1-10(2)9-15-18(16,17)13-6-4-12(5-7-13)8-11(3)14/h4-7,10-11,15H,8-9,14H2,1-3H3. The summed E-state index contributed by atoms with van der Waals surface area (Å²) in [5.74, 6) is 0.289. The Balaban J connectivity index is 2.78. The van der Waals surface area contributed by atoms with Crippen molar-refractivity contribution in [2.24, 2.45) is 11.7 Å². The summed E-state index contributed by atoms with van der Waals surface area (Å²) in [6.45, 7) is 6.31. The minimum Gasteiger partial charge on any atom is -0.328 e. The highest BCUT2D eigenvalue weighted by Crippen LogP contribution is 2.11. The minimum absolute atomic E-state index is 0.0755. The highest BCUT2D eigenvalue weighted by molar-refractivity contribution is 7.89. The van der Waals surface area contributed by atoms with Gasteiger partial charge >= 0.3 is 0 Å². The maximum atomic E-state index is 11.9. The van der Waals surface area contributed by atoms with Crippen LogP contribution in [-0.4, -0.2) is 21.0 Å². The summed E-state index contributed by atoms with van der Waals surface area (Å²) in [5.41, 5.74) is 6.75. The van der Waals surface area contributed by atoms with Gasteiger partial charge in [0.15, 0.2) is 0 Å². The molecular weight excluding hydrogens is 248 g/mol. The van der Waals surface area contributed by atoms with Gasteiger partial charge in [-0.15, -0.1) is 0 Å². The summed E-state index contributed by atoms with van der Waals surface area (Å²) < 4.78 is 26.5. The zero-order valence-electron chi connectivity index (χ0n) is 11.2. The normalized spacial score (nSPS) is 13.8. The molecule has 18 heavy (non-hydrogen) atoms. The third-order valence-electron chi connectivity index (χ3n) is 2.47. The Labute approximate surface area is 110 Å². The lowest BCUT2D eigenvalue weighted by Crippen LogP contribution is -2.27. The molecule has 102 valence electrons. The Morgan fingerprint density at radius 1 is 1.17 bits per heavy atom. The Kier molecular flexibility index (Phi) is 5.31. The molecule has 5 heteroatoms. The minimum atomic E-state index is -3.38. The molecular formula is C13H22N2O2S. The second-order valence-electron chi connectivity index (χ2n) is 5.07. The van der Waals surface area contributed by atoms with Crippen LogP contribution >= 0.6 is 0 Å². The van der Waals surface area contributed by atoms with Crippen molar-refractivity contribution in [2.75, 3.05) is 6.54 Å². The lowest BCUT2D eigenvalue weighted by Gasteiger charge is -2.10. The number of rotatable bonds is 6. The fraction of sp³-hybridized carbons (Fsp3) is 0.538. The van der Waals surface area contributed by atoms with E-state index in [9.17, 15) is 8.42 Å². The monoisotopic (exact) mass is 270 g/mol. The summed E-state index contributed by atoms with van der Waals surface area (Å²) in [7, 11) is -3.38. The number of sulfonamides is 1. The van der Waals surface area contributed by atoms with E-state index in [-0.39, 0.29) is 12.0 Å². The van der Waals surface area contributed by atoms with Crippen molar-refractivity contribution in [3.05, 3.63) is 29.8 Å².